The molecule has 0 aromatic rings. The van der Waals surface area contributed by atoms with Gasteiger partial charge in [0.15, 0.2) is 0 Å². The van der Waals surface area contributed by atoms with Gasteiger partial charge in [0.2, 0.25) is 0 Å². The number of nitrogens with one attached hydrogen (secondary N) is 1. The Morgan fingerprint density at radius 3 is 2.60 bits per heavy atom. The Balaban J connectivity index is 2.83. The number of hydrogen-bond acceptors (Lipinski definition) is 1. The number of allylic oxidation sites excluding steroid dienone is 1. The molecule has 0 atom stereocenters. The summed E-state index contributed by atoms with van der Waals surface area (Å²) in [5.74, 6) is 0. The molecule has 0 amide bonds. The van der Waals surface area contributed by atoms with Crippen LogP contribution >= 0.6 is 0 Å². The molecular formula is C9H19N. The topological polar surface area (TPSA) is 12.0 Å². The lowest BCUT2D eigenvalue weighted by Gasteiger charge is -1.93. The molecule has 0 aliphatic rings. The van der Waals surface area contributed by atoms with Crippen LogP contribution in [-0.4, -0.2) is 7.05 Å². The minimum absolute atomic E-state index is 1.22. The highest BCUT2D eigenvalue weighted by Crippen LogP contribution is 2.01. The Bertz CT molecular complexity index is 76.8. The highest BCUT2D eigenvalue weighted by molar-refractivity contribution is 4.77. The van der Waals surface area contributed by atoms with Crippen LogP contribution < -0.4 is 5.32 Å². The SMILES string of the molecule is CCCCCC/C=C/NC. The summed E-state index contributed by atoms with van der Waals surface area (Å²) in [6.07, 6.45) is 10.8. The third-order valence-corrected chi connectivity index (χ3v) is 1.51. The fourth-order valence-corrected chi connectivity index (χ4v) is 0.890. The van der Waals surface area contributed by atoms with Gasteiger partial charge in [0, 0.05) is 7.05 Å². The molecule has 0 bridgehead atoms. The molecule has 0 fully saturated rings. The van der Waals surface area contributed by atoms with Crippen molar-refractivity contribution >= 4 is 0 Å². The first kappa shape index (κ1) is 9.54. The van der Waals surface area contributed by atoms with Gasteiger partial charge in [0.25, 0.3) is 0 Å². The monoisotopic (exact) mass is 141 g/mol. The van der Waals surface area contributed by atoms with E-state index < -0.39 is 0 Å². The first-order valence-electron chi connectivity index (χ1n) is 4.24. The van der Waals surface area contributed by atoms with Crippen LogP contribution in [0.15, 0.2) is 12.3 Å². The van der Waals surface area contributed by atoms with Crippen molar-refractivity contribution in [3.63, 3.8) is 0 Å². The lowest BCUT2D eigenvalue weighted by atomic mass is 10.1. The molecule has 60 valence electrons. The van der Waals surface area contributed by atoms with Crippen LogP contribution in [0.2, 0.25) is 0 Å². The van der Waals surface area contributed by atoms with E-state index in [4.69, 9.17) is 0 Å². The average Bonchev–Trinajstić information content (AvgIpc) is 1.97. The minimum atomic E-state index is 1.22. The standard InChI is InChI=1S/C9H19N/c1-3-4-5-6-7-8-9-10-2/h8-10H,3-7H2,1-2H3/b9-8+. The van der Waals surface area contributed by atoms with E-state index in [9.17, 15) is 0 Å². The van der Waals surface area contributed by atoms with Gasteiger partial charge in [-0.15, -0.1) is 0 Å². The zero-order valence-electron chi connectivity index (χ0n) is 7.19. The first-order valence-corrected chi connectivity index (χ1v) is 4.24. The molecule has 0 aliphatic carbocycles. The molecule has 1 nitrogen and oxygen atoms in total. The van der Waals surface area contributed by atoms with E-state index in [0.29, 0.717) is 0 Å². The van der Waals surface area contributed by atoms with E-state index in [0.717, 1.165) is 0 Å². The molecule has 0 aromatic carbocycles. The van der Waals surface area contributed by atoms with Crippen molar-refractivity contribution in [3.8, 4) is 0 Å². The molecule has 0 unspecified atom stereocenters. The average molecular weight is 141 g/mol. The maximum absolute atomic E-state index is 2.98. The van der Waals surface area contributed by atoms with Gasteiger partial charge in [0.05, 0.1) is 0 Å². The second-order valence-electron chi connectivity index (χ2n) is 2.54. The molecule has 1 N–H and O–H groups in total. The number of rotatable bonds is 6. The highest BCUT2D eigenvalue weighted by Gasteiger charge is 1.82. The van der Waals surface area contributed by atoms with Crippen molar-refractivity contribution in [2.24, 2.45) is 0 Å². The maximum Gasteiger partial charge on any atom is 0.00276 e. The van der Waals surface area contributed by atoms with E-state index in [1.165, 1.54) is 32.1 Å². The quantitative estimate of drug-likeness (QED) is 0.561. The van der Waals surface area contributed by atoms with Crippen molar-refractivity contribution in [3.05, 3.63) is 12.3 Å². The van der Waals surface area contributed by atoms with Crippen LogP contribution in [0.5, 0.6) is 0 Å². The summed E-state index contributed by atoms with van der Waals surface area (Å²) in [6.45, 7) is 2.24. The summed E-state index contributed by atoms with van der Waals surface area (Å²) in [5.41, 5.74) is 0. The molecule has 0 radical (unpaired) electrons. The summed E-state index contributed by atoms with van der Waals surface area (Å²) in [5, 5.41) is 2.98. The van der Waals surface area contributed by atoms with E-state index in [2.05, 4.69) is 18.3 Å². The van der Waals surface area contributed by atoms with Crippen molar-refractivity contribution in [1.29, 1.82) is 0 Å². The lowest BCUT2D eigenvalue weighted by Crippen LogP contribution is -1.90. The molecule has 0 spiro atoms. The van der Waals surface area contributed by atoms with E-state index in [-0.39, 0.29) is 0 Å². The second-order valence-corrected chi connectivity index (χ2v) is 2.54. The normalized spacial score (nSPS) is 10.6. The number of hydrogen-bond donors (Lipinski definition) is 1. The van der Waals surface area contributed by atoms with Gasteiger partial charge in [0.1, 0.15) is 0 Å². The van der Waals surface area contributed by atoms with E-state index in [1.54, 1.807) is 0 Å². The molecule has 1 heteroatoms. The van der Waals surface area contributed by atoms with Gasteiger partial charge in [-0.1, -0.05) is 32.3 Å². The predicted molar refractivity (Wildman–Crippen MR) is 47.0 cm³/mol. The van der Waals surface area contributed by atoms with Crippen molar-refractivity contribution in [1.82, 2.24) is 5.32 Å². The second kappa shape index (κ2) is 8.54. The molecular weight excluding hydrogens is 122 g/mol. The zero-order valence-corrected chi connectivity index (χ0v) is 7.19. The summed E-state index contributed by atoms with van der Waals surface area (Å²) in [4.78, 5) is 0. The van der Waals surface area contributed by atoms with Gasteiger partial charge in [-0.3, -0.25) is 0 Å². The predicted octanol–water partition coefficient (Wildman–Crippen LogP) is 2.69. The summed E-state index contributed by atoms with van der Waals surface area (Å²) in [7, 11) is 1.93. The van der Waals surface area contributed by atoms with E-state index in [1.807, 2.05) is 13.2 Å². The highest BCUT2D eigenvalue weighted by atomic mass is 14.8. The Hall–Kier alpha value is -0.460. The third-order valence-electron chi connectivity index (χ3n) is 1.51. The minimum Gasteiger partial charge on any atom is -0.394 e. The van der Waals surface area contributed by atoms with Crippen LogP contribution in [0.1, 0.15) is 39.0 Å². The van der Waals surface area contributed by atoms with Crippen molar-refractivity contribution in [2.45, 2.75) is 39.0 Å². The van der Waals surface area contributed by atoms with Crippen molar-refractivity contribution in [2.75, 3.05) is 7.05 Å². The van der Waals surface area contributed by atoms with Crippen LogP contribution in [0.3, 0.4) is 0 Å². The van der Waals surface area contributed by atoms with Gasteiger partial charge in [-0.05, 0) is 19.0 Å². The lowest BCUT2D eigenvalue weighted by molar-refractivity contribution is 0.673. The van der Waals surface area contributed by atoms with Gasteiger partial charge in [-0.2, -0.15) is 0 Å². The molecule has 0 aliphatic heterocycles. The van der Waals surface area contributed by atoms with Crippen LogP contribution in [-0.2, 0) is 0 Å². The number of unbranched alkanes of at least 4 members (excludes halogenated alkanes) is 4. The third kappa shape index (κ3) is 7.54. The Kier molecular flexibility index (Phi) is 8.15. The Labute approximate surface area is 64.5 Å². The molecule has 0 saturated carbocycles. The maximum atomic E-state index is 2.98. The largest absolute Gasteiger partial charge is 0.394 e. The Morgan fingerprint density at radius 2 is 2.00 bits per heavy atom. The first-order chi connectivity index (χ1) is 4.91. The van der Waals surface area contributed by atoms with Gasteiger partial charge in [-0.25, -0.2) is 0 Å². The van der Waals surface area contributed by atoms with Gasteiger partial charge < -0.3 is 5.32 Å². The summed E-state index contributed by atoms with van der Waals surface area (Å²) in [6, 6.07) is 0. The van der Waals surface area contributed by atoms with Gasteiger partial charge >= 0.3 is 0 Å². The smallest absolute Gasteiger partial charge is 0.00276 e. The van der Waals surface area contributed by atoms with Crippen LogP contribution in [0.4, 0.5) is 0 Å². The molecule has 0 aromatic heterocycles. The Morgan fingerprint density at radius 1 is 1.20 bits per heavy atom. The summed E-state index contributed by atoms with van der Waals surface area (Å²) < 4.78 is 0. The molecule has 0 heterocycles. The molecule has 0 rings (SSSR count). The molecule has 10 heavy (non-hydrogen) atoms. The zero-order chi connectivity index (χ0) is 7.66. The fraction of sp³-hybridized carbons (Fsp3) is 0.778. The van der Waals surface area contributed by atoms with Crippen LogP contribution in [0, 0.1) is 0 Å². The molecule has 0 saturated heterocycles. The van der Waals surface area contributed by atoms with Crippen LogP contribution in [0.25, 0.3) is 0 Å². The fourth-order valence-electron chi connectivity index (χ4n) is 0.890. The summed E-state index contributed by atoms with van der Waals surface area (Å²) >= 11 is 0. The van der Waals surface area contributed by atoms with E-state index >= 15 is 0 Å². The van der Waals surface area contributed by atoms with Crippen molar-refractivity contribution < 1.29 is 0 Å².